The normalized spacial score (nSPS) is 12.2. The topological polar surface area (TPSA) is 58.4 Å². The second-order valence-corrected chi connectivity index (χ2v) is 5.78. The van der Waals surface area contributed by atoms with Gasteiger partial charge in [-0.2, -0.15) is 0 Å². The van der Waals surface area contributed by atoms with E-state index in [4.69, 9.17) is 4.52 Å². The fourth-order valence-electron chi connectivity index (χ4n) is 2.05. The van der Waals surface area contributed by atoms with Crippen molar-refractivity contribution in [3.63, 3.8) is 0 Å². The van der Waals surface area contributed by atoms with Gasteiger partial charge >= 0.3 is 0 Å². The molecule has 0 fully saturated rings. The molecule has 2 rings (SSSR count). The van der Waals surface area contributed by atoms with Gasteiger partial charge in [-0.05, 0) is 25.0 Å². The largest absolute Gasteiger partial charge is 0.370 e. The van der Waals surface area contributed by atoms with Crippen LogP contribution in [-0.2, 0) is 0 Å². The number of carbonyl (C=O) groups is 1. The Kier molecular flexibility index (Phi) is 5.20. The molecule has 0 radical (unpaired) electrons. The van der Waals surface area contributed by atoms with Gasteiger partial charge in [-0.1, -0.05) is 37.2 Å². The van der Waals surface area contributed by atoms with Crippen LogP contribution in [0.15, 0.2) is 40.9 Å². The lowest BCUT2D eigenvalue weighted by molar-refractivity contribution is 0.0914. The molecule has 0 saturated carbocycles. The van der Waals surface area contributed by atoms with E-state index in [9.17, 15) is 4.79 Å². The molecule has 22 heavy (non-hydrogen) atoms. The SMILES string of the molecule is CC(C)c1cc(C(=O)NC[C@H](C)N(C)c2ccccc2)on1. The van der Waals surface area contributed by atoms with Crippen molar-refractivity contribution in [3.8, 4) is 0 Å². The summed E-state index contributed by atoms with van der Waals surface area (Å²) >= 11 is 0. The van der Waals surface area contributed by atoms with Crippen molar-refractivity contribution in [2.24, 2.45) is 0 Å². The predicted molar refractivity (Wildman–Crippen MR) is 87.2 cm³/mol. The Balaban J connectivity index is 1.90. The number of hydrogen-bond donors (Lipinski definition) is 1. The van der Waals surface area contributed by atoms with Crippen molar-refractivity contribution in [2.45, 2.75) is 32.7 Å². The van der Waals surface area contributed by atoms with Gasteiger partial charge in [-0.3, -0.25) is 4.79 Å². The second-order valence-electron chi connectivity index (χ2n) is 5.78. The van der Waals surface area contributed by atoms with E-state index in [0.29, 0.717) is 6.54 Å². The highest BCUT2D eigenvalue weighted by atomic mass is 16.5. The van der Waals surface area contributed by atoms with Gasteiger partial charge in [0.15, 0.2) is 0 Å². The summed E-state index contributed by atoms with van der Waals surface area (Å²) in [5.74, 6) is 0.277. The lowest BCUT2D eigenvalue weighted by Crippen LogP contribution is -2.40. The van der Waals surface area contributed by atoms with Gasteiger partial charge in [-0.15, -0.1) is 0 Å². The summed E-state index contributed by atoms with van der Waals surface area (Å²) < 4.78 is 5.09. The summed E-state index contributed by atoms with van der Waals surface area (Å²) in [7, 11) is 2.01. The van der Waals surface area contributed by atoms with Gasteiger partial charge < -0.3 is 14.7 Å². The molecule has 2 aromatic rings. The Morgan fingerprint density at radius 3 is 2.55 bits per heavy atom. The average molecular weight is 301 g/mol. The first-order valence-corrected chi connectivity index (χ1v) is 7.51. The highest BCUT2D eigenvalue weighted by molar-refractivity contribution is 5.91. The van der Waals surface area contributed by atoms with Crippen molar-refractivity contribution >= 4 is 11.6 Å². The zero-order valence-corrected chi connectivity index (χ0v) is 13.5. The number of rotatable bonds is 6. The molecule has 1 atom stereocenters. The molecular weight excluding hydrogens is 278 g/mol. The van der Waals surface area contributed by atoms with Crippen LogP contribution in [0.3, 0.4) is 0 Å². The molecule has 0 aliphatic rings. The van der Waals surface area contributed by atoms with E-state index in [1.807, 2.05) is 51.2 Å². The number of amides is 1. The third-order valence-corrected chi connectivity index (χ3v) is 3.73. The van der Waals surface area contributed by atoms with Crippen LogP contribution < -0.4 is 10.2 Å². The van der Waals surface area contributed by atoms with Gasteiger partial charge in [0.25, 0.3) is 5.91 Å². The number of aromatic nitrogens is 1. The Bertz CT molecular complexity index is 607. The molecule has 1 heterocycles. The molecule has 1 aromatic heterocycles. The van der Waals surface area contributed by atoms with E-state index in [1.165, 1.54) is 0 Å². The van der Waals surface area contributed by atoms with E-state index < -0.39 is 0 Å². The van der Waals surface area contributed by atoms with Gasteiger partial charge in [0, 0.05) is 31.4 Å². The van der Waals surface area contributed by atoms with Crippen LogP contribution in [0.4, 0.5) is 5.69 Å². The molecule has 5 heteroatoms. The van der Waals surface area contributed by atoms with Crippen molar-refractivity contribution < 1.29 is 9.32 Å². The highest BCUT2D eigenvalue weighted by Gasteiger charge is 2.16. The monoisotopic (exact) mass is 301 g/mol. The Labute approximate surface area is 131 Å². The van der Waals surface area contributed by atoms with Crippen molar-refractivity contribution in [3.05, 3.63) is 47.9 Å². The van der Waals surface area contributed by atoms with Gasteiger partial charge in [0.2, 0.25) is 5.76 Å². The lowest BCUT2D eigenvalue weighted by Gasteiger charge is -2.27. The smallest absolute Gasteiger partial charge is 0.289 e. The molecule has 0 bridgehead atoms. The van der Waals surface area contributed by atoms with Crippen LogP contribution in [0.2, 0.25) is 0 Å². The minimum Gasteiger partial charge on any atom is -0.370 e. The maximum absolute atomic E-state index is 12.1. The van der Waals surface area contributed by atoms with Gasteiger partial charge in [0.05, 0.1) is 5.69 Å². The Morgan fingerprint density at radius 2 is 1.95 bits per heavy atom. The summed E-state index contributed by atoms with van der Waals surface area (Å²) in [4.78, 5) is 14.2. The fourth-order valence-corrected chi connectivity index (χ4v) is 2.05. The summed E-state index contributed by atoms with van der Waals surface area (Å²) in [5, 5.41) is 6.79. The first-order chi connectivity index (χ1) is 10.5. The molecule has 0 spiro atoms. The maximum atomic E-state index is 12.1. The summed E-state index contributed by atoms with van der Waals surface area (Å²) in [6.45, 7) is 6.61. The molecule has 0 aliphatic heterocycles. The minimum absolute atomic E-state index is 0.166. The number of anilines is 1. The Morgan fingerprint density at radius 1 is 1.27 bits per heavy atom. The number of benzene rings is 1. The Hall–Kier alpha value is -2.30. The van der Waals surface area contributed by atoms with Gasteiger partial charge in [-0.25, -0.2) is 0 Å². The zero-order valence-electron chi connectivity index (χ0n) is 13.5. The molecular formula is C17H23N3O2. The highest BCUT2D eigenvalue weighted by Crippen LogP contribution is 2.15. The van der Waals surface area contributed by atoms with E-state index >= 15 is 0 Å². The number of nitrogens with one attached hydrogen (secondary N) is 1. The van der Waals surface area contributed by atoms with E-state index in [2.05, 4.69) is 22.3 Å². The predicted octanol–water partition coefficient (Wildman–Crippen LogP) is 3.05. The number of hydrogen-bond acceptors (Lipinski definition) is 4. The number of carbonyl (C=O) groups excluding carboxylic acids is 1. The summed E-state index contributed by atoms with van der Waals surface area (Å²) in [5.41, 5.74) is 1.91. The minimum atomic E-state index is -0.229. The molecule has 1 amide bonds. The molecule has 118 valence electrons. The standard InChI is InChI=1S/C17H23N3O2/c1-12(2)15-10-16(22-19-15)17(21)18-11-13(3)20(4)14-8-6-5-7-9-14/h5-10,12-13H,11H2,1-4H3,(H,18,21)/t13-/m0/s1. The molecule has 5 nitrogen and oxygen atoms in total. The van der Waals surface area contributed by atoms with Crippen LogP contribution in [0, 0.1) is 0 Å². The first kappa shape index (κ1) is 16.1. The molecule has 0 saturated heterocycles. The summed E-state index contributed by atoms with van der Waals surface area (Å²) in [6, 6.07) is 11.9. The average Bonchev–Trinajstić information content (AvgIpc) is 3.02. The van der Waals surface area contributed by atoms with Crippen LogP contribution in [0.1, 0.15) is 42.9 Å². The van der Waals surface area contributed by atoms with Crippen LogP contribution in [0.5, 0.6) is 0 Å². The van der Waals surface area contributed by atoms with Crippen molar-refractivity contribution in [2.75, 3.05) is 18.5 Å². The molecule has 0 aliphatic carbocycles. The summed E-state index contributed by atoms with van der Waals surface area (Å²) in [6.07, 6.45) is 0. The van der Waals surface area contributed by atoms with E-state index in [1.54, 1.807) is 6.07 Å². The fraction of sp³-hybridized carbons (Fsp3) is 0.412. The number of para-hydroxylation sites is 1. The second kappa shape index (κ2) is 7.11. The quantitative estimate of drug-likeness (QED) is 0.891. The van der Waals surface area contributed by atoms with Crippen molar-refractivity contribution in [1.29, 1.82) is 0 Å². The number of likely N-dealkylation sites (N-methyl/N-ethyl adjacent to an activating group) is 1. The maximum Gasteiger partial charge on any atom is 0.289 e. The first-order valence-electron chi connectivity index (χ1n) is 7.51. The van der Waals surface area contributed by atoms with E-state index in [-0.39, 0.29) is 23.6 Å². The third kappa shape index (κ3) is 3.87. The van der Waals surface area contributed by atoms with Crippen LogP contribution in [0.25, 0.3) is 0 Å². The zero-order chi connectivity index (χ0) is 16.1. The van der Waals surface area contributed by atoms with Crippen LogP contribution >= 0.6 is 0 Å². The molecule has 0 unspecified atom stereocenters. The molecule has 1 aromatic carbocycles. The molecule has 1 N–H and O–H groups in total. The van der Waals surface area contributed by atoms with Crippen LogP contribution in [-0.4, -0.2) is 30.7 Å². The van der Waals surface area contributed by atoms with Crippen molar-refractivity contribution in [1.82, 2.24) is 10.5 Å². The van der Waals surface area contributed by atoms with E-state index in [0.717, 1.165) is 11.4 Å². The number of nitrogens with zero attached hydrogens (tertiary/aromatic N) is 2. The lowest BCUT2D eigenvalue weighted by atomic mass is 10.1. The third-order valence-electron chi connectivity index (χ3n) is 3.73. The van der Waals surface area contributed by atoms with Gasteiger partial charge in [0.1, 0.15) is 0 Å².